The van der Waals surface area contributed by atoms with Crippen LogP contribution < -0.4 is 5.32 Å². The summed E-state index contributed by atoms with van der Waals surface area (Å²) in [4.78, 5) is 9.46. The van der Waals surface area contributed by atoms with Crippen molar-refractivity contribution < 1.29 is 0 Å². The highest BCUT2D eigenvalue weighted by molar-refractivity contribution is 5.38. The van der Waals surface area contributed by atoms with Gasteiger partial charge in [-0.25, -0.2) is 9.97 Å². The summed E-state index contributed by atoms with van der Waals surface area (Å²) in [5.41, 5.74) is 1.26. The van der Waals surface area contributed by atoms with Crippen LogP contribution in [0.1, 0.15) is 62.4 Å². The van der Waals surface area contributed by atoms with Crippen molar-refractivity contribution in [3.8, 4) is 0 Å². The zero-order valence-corrected chi connectivity index (χ0v) is 10.7. The Bertz CT molecular complexity index is 412. The summed E-state index contributed by atoms with van der Waals surface area (Å²) < 4.78 is 0. The van der Waals surface area contributed by atoms with Crippen molar-refractivity contribution in [1.29, 1.82) is 0 Å². The van der Waals surface area contributed by atoms with Crippen LogP contribution in [0.5, 0.6) is 0 Å². The number of hydrogen-bond acceptors (Lipinski definition) is 3. The molecule has 0 radical (unpaired) electrons. The van der Waals surface area contributed by atoms with Gasteiger partial charge < -0.3 is 5.32 Å². The van der Waals surface area contributed by atoms with Crippen LogP contribution in [0.25, 0.3) is 0 Å². The molecule has 2 saturated carbocycles. The second-order valence-corrected chi connectivity index (χ2v) is 5.68. The first-order valence-corrected chi connectivity index (χ1v) is 6.83. The molecule has 17 heavy (non-hydrogen) atoms. The van der Waals surface area contributed by atoms with Gasteiger partial charge in [-0.15, -0.1) is 0 Å². The first-order valence-electron chi connectivity index (χ1n) is 6.83. The molecule has 3 heteroatoms. The fraction of sp³-hybridized carbons (Fsp3) is 0.714. The van der Waals surface area contributed by atoms with E-state index in [1.165, 1.54) is 37.8 Å². The van der Waals surface area contributed by atoms with Crippen LogP contribution in [-0.4, -0.2) is 17.0 Å². The van der Waals surface area contributed by atoms with Crippen LogP contribution in [0, 0.1) is 5.92 Å². The van der Waals surface area contributed by atoms with E-state index < -0.39 is 0 Å². The number of anilines is 1. The largest absolute Gasteiger partial charge is 0.373 e. The molecule has 3 rings (SSSR count). The maximum absolute atomic E-state index is 4.81. The van der Waals surface area contributed by atoms with Gasteiger partial charge in [0.2, 0.25) is 0 Å². The third-order valence-corrected chi connectivity index (χ3v) is 4.07. The van der Waals surface area contributed by atoms with Gasteiger partial charge in [-0.1, -0.05) is 6.92 Å². The van der Waals surface area contributed by atoms with E-state index in [0.29, 0.717) is 11.8 Å². The lowest BCUT2D eigenvalue weighted by Gasteiger charge is -2.12. The molecular weight excluding hydrogens is 210 g/mol. The molecule has 1 aromatic rings. The van der Waals surface area contributed by atoms with Crippen LogP contribution in [0.3, 0.4) is 0 Å². The van der Waals surface area contributed by atoms with E-state index in [2.05, 4.69) is 23.3 Å². The van der Waals surface area contributed by atoms with E-state index in [4.69, 9.17) is 4.98 Å². The molecule has 2 aliphatic rings. The zero-order chi connectivity index (χ0) is 11.8. The fourth-order valence-corrected chi connectivity index (χ4v) is 2.83. The summed E-state index contributed by atoms with van der Waals surface area (Å²) in [5, 5.41) is 3.17. The highest BCUT2D eigenvalue weighted by Crippen LogP contribution is 2.41. The SMILES string of the molecule is CNc1cc(C2CC2)nc(C2CCC(C)C2)n1. The van der Waals surface area contributed by atoms with Crippen LogP contribution in [-0.2, 0) is 0 Å². The highest BCUT2D eigenvalue weighted by Gasteiger charge is 2.29. The highest BCUT2D eigenvalue weighted by atomic mass is 15.0. The van der Waals surface area contributed by atoms with E-state index in [0.717, 1.165) is 17.6 Å². The quantitative estimate of drug-likeness (QED) is 0.867. The third kappa shape index (κ3) is 2.28. The summed E-state index contributed by atoms with van der Waals surface area (Å²) in [6.45, 7) is 2.34. The normalized spacial score (nSPS) is 28.4. The van der Waals surface area contributed by atoms with Crippen LogP contribution in [0.15, 0.2) is 6.07 Å². The lowest BCUT2D eigenvalue weighted by Crippen LogP contribution is -2.06. The lowest BCUT2D eigenvalue weighted by atomic mass is 10.1. The first kappa shape index (κ1) is 11.0. The predicted molar refractivity (Wildman–Crippen MR) is 69.3 cm³/mol. The van der Waals surface area contributed by atoms with Crippen LogP contribution in [0.4, 0.5) is 5.82 Å². The topological polar surface area (TPSA) is 37.8 Å². The number of nitrogens with zero attached hydrogens (tertiary/aromatic N) is 2. The van der Waals surface area contributed by atoms with E-state index in [1.54, 1.807) is 0 Å². The number of aromatic nitrogens is 2. The van der Waals surface area contributed by atoms with Gasteiger partial charge in [0.15, 0.2) is 0 Å². The third-order valence-electron chi connectivity index (χ3n) is 4.07. The van der Waals surface area contributed by atoms with Gasteiger partial charge in [0.25, 0.3) is 0 Å². The molecule has 0 spiro atoms. The first-order chi connectivity index (χ1) is 8.26. The van der Waals surface area contributed by atoms with Crippen molar-refractivity contribution in [2.75, 3.05) is 12.4 Å². The van der Waals surface area contributed by atoms with E-state index >= 15 is 0 Å². The second kappa shape index (κ2) is 4.28. The zero-order valence-electron chi connectivity index (χ0n) is 10.7. The van der Waals surface area contributed by atoms with Crippen LogP contribution >= 0.6 is 0 Å². The van der Waals surface area contributed by atoms with Gasteiger partial charge in [-0.05, 0) is 38.0 Å². The fourth-order valence-electron chi connectivity index (χ4n) is 2.83. The maximum Gasteiger partial charge on any atom is 0.134 e. The lowest BCUT2D eigenvalue weighted by molar-refractivity contribution is 0.584. The second-order valence-electron chi connectivity index (χ2n) is 5.68. The number of nitrogens with one attached hydrogen (secondary N) is 1. The molecule has 2 fully saturated rings. The molecule has 0 amide bonds. The summed E-state index contributed by atoms with van der Waals surface area (Å²) >= 11 is 0. The maximum atomic E-state index is 4.81. The van der Waals surface area contributed by atoms with Crippen LogP contribution in [0.2, 0.25) is 0 Å². The standard InChI is InChI=1S/C14H21N3/c1-9-3-4-11(7-9)14-16-12(10-5-6-10)8-13(15-2)17-14/h8-11H,3-7H2,1-2H3,(H,15,16,17). The molecule has 0 bridgehead atoms. The van der Waals surface area contributed by atoms with Crippen molar-refractivity contribution in [2.45, 2.75) is 50.9 Å². The minimum atomic E-state index is 0.593. The Hall–Kier alpha value is -1.12. The Labute approximate surface area is 103 Å². The van der Waals surface area contributed by atoms with Gasteiger partial charge in [-0.3, -0.25) is 0 Å². The molecule has 0 saturated heterocycles. The molecule has 3 nitrogen and oxygen atoms in total. The molecule has 1 N–H and O–H groups in total. The smallest absolute Gasteiger partial charge is 0.134 e. The van der Waals surface area contributed by atoms with Crippen molar-refractivity contribution in [1.82, 2.24) is 9.97 Å². The van der Waals surface area contributed by atoms with Gasteiger partial charge in [0, 0.05) is 30.6 Å². The number of hydrogen-bond donors (Lipinski definition) is 1. The van der Waals surface area contributed by atoms with Crippen molar-refractivity contribution >= 4 is 5.82 Å². The molecule has 1 heterocycles. The summed E-state index contributed by atoms with van der Waals surface area (Å²) in [6, 6.07) is 2.12. The van der Waals surface area contributed by atoms with Gasteiger partial charge in [0.1, 0.15) is 11.6 Å². The Morgan fingerprint density at radius 3 is 2.47 bits per heavy atom. The number of rotatable bonds is 3. The average molecular weight is 231 g/mol. The minimum Gasteiger partial charge on any atom is -0.373 e. The predicted octanol–water partition coefficient (Wildman–Crippen LogP) is 3.30. The van der Waals surface area contributed by atoms with Gasteiger partial charge >= 0.3 is 0 Å². The van der Waals surface area contributed by atoms with Gasteiger partial charge in [0.05, 0.1) is 0 Å². The Balaban J connectivity index is 1.89. The molecule has 0 aromatic carbocycles. The Morgan fingerprint density at radius 1 is 1.12 bits per heavy atom. The summed E-state index contributed by atoms with van der Waals surface area (Å²) in [7, 11) is 1.94. The molecule has 2 aliphatic carbocycles. The molecule has 2 atom stereocenters. The Kier molecular flexibility index (Phi) is 2.77. The molecular formula is C14H21N3. The molecule has 0 aliphatic heterocycles. The van der Waals surface area contributed by atoms with Crippen molar-refractivity contribution in [3.05, 3.63) is 17.6 Å². The monoisotopic (exact) mass is 231 g/mol. The summed E-state index contributed by atoms with van der Waals surface area (Å²) in [5.74, 6) is 4.23. The van der Waals surface area contributed by atoms with Crippen molar-refractivity contribution in [3.63, 3.8) is 0 Å². The van der Waals surface area contributed by atoms with E-state index in [-0.39, 0.29) is 0 Å². The minimum absolute atomic E-state index is 0.593. The van der Waals surface area contributed by atoms with Crippen molar-refractivity contribution in [2.24, 2.45) is 5.92 Å². The van der Waals surface area contributed by atoms with E-state index in [1.807, 2.05) is 7.05 Å². The Morgan fingerprint density at radius 2 is 1.88 bits per heavy atom. The van der Waals surface area contributed by atoms with E-state index in [9.17, 15) is 0 Å². The molecule has 1 aromatic heterocycles. The van der Waals surface area contributed by atoms with Gasteiger partial charge in [-0.2, -0.15) is 0 Å². The molecule has 92 valence electrons. The molecule has 2 unspecified atom stereocenters. The average Bonchev–Trinajstić information content (AvgIpc) is 3.11. The summed E-state index contributed by atoms with van der Waals surface area (Å²) in [6.07, 6.45) is 6.47.